The summed E-state index contributed by atoms with van der Waals surface area (Å²) in [4.78, 5) is 14.5. The Hall–Kier alpha value is -1.63. The minimum atomic E-state index is -4.37. The van der Waals surface area contributed by atoms with E-state index in [1.807, 2.05) is 24.3 Å². The highest BCUT2D eigenvalue weighted by Crippen LogP contribution is 2.28. The lowest BCUT2D eigenvalue weighted by Gasteiger charge is -2.21. The molecule has 2 aromatic rings. The van der Waals surface area contributed by atoms with E-state index >= 15 is 0 Å². The molecule has 2 rings (SSSR count). The molecule has 2 N–H and O–H groups in total. The van der Waals surface area contributed by atoms with Crippen LogP contribution in [0.1, 0.15) is 22.7 Å². The topological polar surface area (TPSA) is 65.4 Å². The van der Waals surface area contributed by atoms with Crippen LogP contribution < -0.4 is 10.6 Å². The largest absolute Gasteiger partial charge is 0.417 e. The number of hydrogen-bond acceptors (Lipinski definition) is 5. The summed E-state index contributed by atoms with van der Waals surface area (Å²) in [5, 5.41) is 9.32. The smallest absolute Gasteiger partial charge is 0.370 e. The van der Waals surface area contributed by atoms with Crippen molar-refractivity contribution in [3.05, 3.63) is 40.0 Å². The molecule has 0 amide bonds. The predicted molar refractivity (Wildman–Crippen MR) is 117 cm³/mol. The van der Waals surface area contributed by atoms with Gasteiger partial charge in [0.05, 0.1) is 22.8 Å². The molecular formula is C17H24F3IN6S. The zero-order chi connectivity index (χ0) is 19.9. The second-order valence-electron chi connectivity index (χ2n) is 5.90. The fourth-order valence-electron chi connectivity index (χ4n) is 2.35. The first-order valence-electron chi connectivity index (χ1n) is 8.39. The first-order chi connectivity index (χ1) is 12.8. The molecule has 0 aliphatic rings. The van der Waals surface area contributed by atoms with Crippen molar-refractivity contribution in [1.82, 2.24) is 20.2 Å². The van der Waals surface area contributed by atoms with Gasteiger partial charge < -0.3 is 15.5 Å². The number of guanidine groups is 1. The van der Waals surface area contributed by atoms with Gasteiger partial charge in [-0.1, -0.05) is 0 Å². The standard InChI is InChI=1S/C17H23F3N6S.HI/c1-12-25-14(11-27-12)10-26(3)16(21-2)23-8-4-7-22-15-6-5-13(9-24-15)17(18,19)20;/h5-6,9,11H,4,7-8,10H2,1-3H3,(H,21,23)(H,22,24);1H. The number of alkyl halides is 3. The van der Waals surface area contributed by atoms with Crippen molar-refractivity contribution in [2.24, 2.45) is 4.99 Å². The molecule has 0 atom stereocenters. The summed E-state index contributed by atoms with van der Waals surface area (Å²) in [5.41, 5.74) is 0.245. The number of rotatable bonds is 7. The number of pyridine rings is 1. The molecule has 0 bridgehead atoms. The molecule has 2 heterocycles. The maximum Gasteiger partial charge on any atom is 0.417 e. The molecular weight excluding hydrogens is 504 g/mol. The summed E-state index contributed by atoms with van der Waals surface area (Å²) in [7, 11) is 3.66. The maximum absolute atomic E-state index is 12.5. The molecule has 156 valence electrons. The van der Waals surface area contributed by atoms with E-state index in [4.69, 9.17) is 0 Å². The fraction of sp³-hybridized carbons (Fsp3) is 0.471. The molecule has 0 aliphatic heterocycles. The van der Waals surface area contributed by atoms with E-state index in [0.717, 1.165) is 35.3 Å². The van der Waals surface area contributed by atoms with Gasteiger partial charge in [-0.15, -0.1) is 35.3 Å². The lowest BCUT2D eigenvalue weighted by Crippen LogP contribution is -2.39. The van der Waals surface area contributed by atoms with Crippen molar-refractivity contribution in [2.75, 3.05) is 32.5 Å². The lowest BCUT2D eigenvalue weighted by atomic mass is 10.3. The van der Waals surface area contributed by atoms with E-state index in [-0.39, 0.29) is 24.0 Å². The van der Waals surface area contributed by atoms with Crippen LogP contribution in [0.25, 0.3) is 0 Å². The van der Waals surface area contributed by atoms with Gasteiger partial charge in [-0.2, -0.15) is 13.2 Å². The first-order valence-corrected chi connectivity index (χ1v) is 9.27. The molecule has 28 heavy (non-hydrogen) atoms. The Bertz CT molecular complexity index is 748. The molecule has 0 unspecified atom stereocenters. The van der Waals surface area contributed by atoms with E-state index in [1.165, 1.54) is 6.07 Å². The Morgan fingerprint density at radius 2 is 2.04 bits per heavy atom. The molecule has 6 nitrogen and oxygen atoms in total. The third-order valence-corrected chi connectivity index (χ3v) is 4.50. The Labute approximate surface area is 183 Å². The zero-order valence-electron chi connectivity index (χ0n) is 15.9. The lowest BCUT2D eigenvalue weighted by molar-refractivity contribution is -0.137. The number of halogens is 4. The monoisotopic (exact) mass is 528 g/mol. The van der Waals surface area contributed by atoms with Crippen molar-refractivity contribution in [1.29, 1.82) is 0 Å². The maximum atomic E-state index is 12.5. The summed E-state index contributed by atoms with van der Waals surface area (Å²) in [5.74, 6) is 1.18. The summed E-state index contributed by atoms with van der Waals surface area (Å²) < 4.78 is 37.5. The number of nitrogens with zero attached hydrogens (tertiary/aromatic N) is 4. The number of aryl methyl sites for hydroxylation is 1. The molecule has 11 heteroatoms. The van der Waals surface area contributed by atoms with Crippen LogP contribution in [0.4, 0.5) is 19.0 Å². The van der Waals surface area contributed by atoms with Crippen LogP contribution in [0.15, 0.2) is 28.7 Å². The van der Waals surface area contributed by atoms with Crippen molar-refractivity contribution < 1.29 is 13.2 Å². The Morgan fingerprint density at radius 1 is 1.29 bits per heavy atom. The highest BCUT2D eigenvalue weighted by molar-refractivity contribution is 14.0. The van der Waals surface area contributed by atoms with E-state index in [9.17, 15) is 13.2 Å². The number of hydrogen-bond donors (Lipinski definition) is 2. The van der Waals surface area contributed by atoms with Gasteiger partial charge in [-0.25, -0.2) is 9.97 Å². The van der Waals surface area contributed by atoms with Gasteiger partial charge in [0.2, 0.25) is 0 Å². The second kappa shape index (κ2) is 11.4. The minimum absolute atomic E-state index is 0. The van der Waals surface area contributed by atoms with Crippen LogP contribution in [-0.4, -0.2) is 48.0 Å². The summed E-state index contributed by atoms with van der Waals surface area (Å²) in [6.07, 6.45) is -2.78. The molecule has 0 fully saturated rings. The van der Waals surface area contributed by atoms with E-state index < -0.39 is 11.7 Å². The Kier molecular flexibility index (Phi) is 9.93. The zero-order valence-corrected chi connectivity index (χ0v) is 19.0. The van der Waals surface area contributed by atoms with Crippen LogP contribution >= 0.6 is 35.3 Å². The Balaban J connectivity index is 0.00000392. The number of nitrogens with one attached hydrogen (secondary N) is 2. The second-order valence-corrected chi connectivity index (χ2v) is 6.96. The predicted octanol–water partition coefficient (Wildman–Crippen LogP) is 3.99. The average molecular weight is 528 g/mol. The quantitative estimate of drug-likeness (QED) is 0.246. The van der Waals surface area contributed by atoms with Crippen molar-refractivity contribution >= 4 is 47.1 Å². The van der Waals surface area contributed by atoms with Gasteiger partial charge in [0.25, 0.3) is 0 Å². The van der Waals surface area contributed by atoms with Gasteiger partial charge in [0, 0.05) is 38.8 Å². The number of aliphatic imine (C=N–C) groups is 1. The highest BCUT2D eigenvalue weighted by Gasteiger charge is 2.30. The molecule has 0 aliphatic carbocycles. The fourth-order valence-corrected chi connectivity index (χ4v) is 2.96. The van der Waals surface area contributed by atoms with Gasteiger partial charge >= 0.3 is 6.18 Å². The minimum Gasteiger partial charge on any atom is -0.370 e. The van der Waals surface area contributed by atoms with E-state index in [2.05, 4.69) is 25.6 Å². The van der Waals surface area contributed by atoms with Gasteiger partial charge in [0.1, 0.15) is 5.82 Å². The summed E-state index contributed by atoms with van der Waals surface area (Å²) in [6, 6.07) is 2.35. The normalized spacial score (nSPS) is 11.7. The van der Waals surface area contributed by atoms with Crippen molar-refractivity contribution in [3.8, 4) is 0 Å². The van der Waals surface area contributed by atoms with Crippen LogP contribution in [-0.2, 0) is 12.7 Å². The van der Waals surface area contributed by atoms with Crippen LogP contribution in [0.5, 0.6) is 0 Å². The van der Waals surface area contributed by atoms with Crippen LogP contribution in [0.3, 0.4) is 0 Å². The molecule has 0 saturated carbocycles. The van der Waals surface area contributed by atoms with E-state index in [0.29, 0.717) is 25.5 Å². The van der Waals surface area contributed by atoms with Gasteiger partial charge in [-0.3, -0.25) is 4.99 Å². The number of thiazole rings is 1. The molecule has 0 radical (unpaired) electrons. The highest BCUT2D eigenvalue weighted by atomic mass is 127. The van der Waals surface area contributed by atoms with Crippen LogP contribution in [0.2, 0.25) is 0 Å². The van der Waals surface area contributed by atoms with Crippen LogP contribution in [0, 0.1) is 6.92 Å². The molecule has 2 aromatic heterocycles. The van der Waals surface area contributed by atoms with E-state index in [1.54, 1.807) is 18.4 Å². The van der Waals surface area contributed by atoms with Crippen molar-refractivity contribution in [2.45, 2.75) is 26.1 Å². The third-order valence-electron chi connectivity index (χ3n) is 3.67. The molecule has 0 spiro atoms. The average Bonchev–Trinajstić information content (AvgIpc) is 3.02. The summed E-state index contributed by atoms with van der Waals surface area (Å²) in [6.45, 7) is 3.88. The van der Waals surface area contributed by atoms with Gasteiger partial charge in [0.15, 0.2) is 5.96 Å². The van der Waals surface area contributed by atoms with Gasteiger partial charge in [-0.05, 0) is 25.5 Å². The number of anilines is 1. The SMILES string of the molecule is CN=C(NCCCNc1ccc(C(F)(F)F)cn1)N(C)Cc1csc(C)n1.I. The Morgan fingerprint density at radius 3 is 2.57 bits per heavy atom. The van der Waals surface area contributed by atoms with Crippen molar-refractivity contribution in [3.63, 3.8) is 0 Å². The summed E-state index contributed by atoms with van der Waals surface area (Å²) >= 11 is 1.62. The molecule has 0 saturated heterocycles. The molecule has 0 aromatic carbocycles. The first kappa shape index (κ1) is 24.4. The third kappa shape index (κ3) is 7.78. The number of aromatic nitrogens is 2.